The molecule has 0 radical (unpaired) electrons. The predicted octanol–water partition coefficient (Wildman–Crippen LogP) is 0.309. The first-order valence-electron chi connectivity index (χ1n) is 5.33. The van der Waals surface area contributed by atoms with Crippen molar-refractivity contribution in [2.75, 3.05) is 25.1 Å². The van der Waals surface area contributed by atoms with E-state index in [-0.39, 0.29) is 12.5 Å². The summed E-state index contributed by atoms with van der Waals surface area (Å²) in [6.07, 6.45) is 3.31. The molecule has 16 heavy (non-hydrogen) atoms. The molecule has 94 valence electrons. The summed E-state index contributed by atoms with van der Waals surface area (Å²) in [4.78, 5) is 22.2. The summed E-state index contributed by atoms with van der Waals surface area (Å²) in [6.45, 7) is 2.94. The van der Waals surface area contributed by atoms with Crippen molar-refractivity contribution < 1.29 is 14.7 Å². The van der Waals surface area contributed by atoms with Gasteiger partial charge in [-0.05, 0) is 31.4 Å². The lowest BCUT2D eigenvalue weighted by molar-refractivity contribution is -0.141. The topological polar surface area (TPSA) is 78.4 Å². The highest BCUT2D eigenvalue weighted by molar-refractivity contribution is 7.98. The summed E-state index contributed by atoms with van der Waals surface area (Å²) in [7, 11) is 0. The molecule has 6 heteroatoms. The Morgan fingerprint density at radius 2 is 2.12 bits per heavy atom. The fourth-order valence-corrected chi connectivity index (χ4v) is 1.59. The average molecular weight is 248 g/mol. The number of hydrogen-bond acceptors (Lipinski definition) is 4. The van der Waals surface area contributed by atoms with Gasteiger partial charge in [-0.2, -0.15) is 11.8 Å². The monoisotopic (exact) mass is 248 g/mol. The third-order valence-corrected chi connectivity index (χ3v) is 2.60. The molecule has 3 N–H and O–H groups in total. The second-order valence-corrected chi connectivity index (χ2v) is 4.40. The zero-order chi connectivity index (χ0) is 12.4. The van der Waals surface area contributed by atoms with Crippen LogP contribution in [0.2, 0.25) is 0 Å². The van der Waals surface area contributed by atoms with Crippen LogP contribution in [0.3, 0.4) is 0 Å². The van der Waals surface area contributed by atoms with Gasteiger partial charge in [0.2, 0.25) is 5.91 Å². The van der Waals surface area contributed by atoms with Gasteiger partial charge in [-0.15, -0.1) is 0 Å². The van der Waals surface area contributed by atoms with E-state index in [9.17, 15) is 9.59 Å². The van der Waals surface area contributed by atoms with E-state index in [0.29, 0.717) is 6.42 Å². The Morgan fingerprint density at radius 1 is 1.44 bits per heavy atom. The lowest BCUT2D eigenvalue weighted by Gasteiger charge is -2.14. The van der Waals surface area contributed by atoms with E-state index in [2.05, 4.69) is 10.6 Å². The molecule has 0 aliphatic heterocycles. The molecule has 5 nitrogen and oxygen atoms in total. The number of hydrogen-bond donors (Lipinski definition) is 3. The Bertz CT molecular complexity index is 224. The van der Waals surface area contributed by atoms with Crippen molar-refractivity contribution in [3.8, 4) is 0 Å². The Balaban J connectivity index is 3.88. The number of rotatable bonds is 9. The van der Waals surface area contributed by atoms with E-state index in [1.165, 1.54) is 0 Å². The van der Waals surface area contributed by atoms with Gasteiger partial charge in [-0.1, -0.05) is 6.92 Å². The van der Waals surface area contributed by atoms with Gasteiger partial charge in [-0.25, -0.2) is 4.79 Å². The van der Waals surface area contributed by atoms with Crippen molar-refractivity contribution in [2.24, 2.45) is 0 Å². The quantitative estimate of drug-likeness (QED) is 0.512. The number of aliphatic carboxylic acids is 1. The Kier molecular flexibility index (Phi) is 9.03. The maximum Gasteiger partial charge on any atom is 0.326 e. The molecule has 0 heterocycles. The lowest BCUT2D eigenvalue weighted by Crippen LogP contribution is -2.44. The number of carbonyl (C=O) groups excluding carboxylic acids is 1. The molecule has 0 aliphatic carbocycles. The first-order valence-corrected chi connectivity index (χ1v) is 6.73. The number of carboxylic acids is 1. The molecule has 0 spiro atoms. The van der Waals surface area contributed by atoms with E-state index < -0.39 is 12.0 Å². The van der Waals surface area contributed by atoms with Gasteiger partial charge in [0.05, 0.1) is 6.54 Å². The molecule has 0 saturated carbocycles. The first-order chi connectivity index (χ1) is 7.61. The number of nitrogens with one attached hydrogen (secondary N) is 2. The van der Waals surface area contributed by atoms with Gasteiger partial charge in [0.1, 0.15) is 6.04 Å². The molecule has 0 rings (SSSR count). The van der Waals surface area contributed by atoms with Gasteiger partial charge in [-0.3, -0.25) is 4.79 Å². The minimum atomic E-state index is -0.974. The molecule has 0 aromatic carbocycles. The molecular weight excluding hydrogens is 228 g/mol. The van der Waals surface area contributed by atoms with Gasteiger partial charge < -0.3 is 15.7 Å². The van der Waals surface area contributed by atoms with Crippen molar-refractivity contribution in [1.82, 2.24) is 10.6 Å². The minimum absolute atomic E-state index is 0.177. The summed E-state index contributed by atoms with van der Waals surface area (Å²) >= 11 is 1.57. The van der Waals surface area contributed by atoms with Crippen LogP contribution in [0.5, 0.6) is 0 Å². The van der Waals surface area contributed by atoms with E-state index in [1.807, 2.05) is 13.2 Å². The van der Waals surface area contributed by atoms with Gasteiger partial charge in [0, 0.05) is 0 Å². The third kappa shape index (κ3) is 7.53. The van der Waals surface area contributed by atoms with Crippen molar-refractivity contribution in [1.29, 1.82) is 0 Å². The van der Waals surface area contributed by atoms with Crippen LogP contribution in [0.15, 0.2) is 0 Å². The SMILES string of the molecule is CCCNCC(=O)NC(CCSC)C(=O)O. The van der Waals surface area contributed by atoms with E-state index in [0.717, 1.165) is 18.7 Å². The smallest absolute Gasteiger partial charge is 0.326 e. The molecule has 0 aliphatic rings. The maximum atomic E-state index is 11.4. The van der Waals surface area contributed by atoms with Gasteiger partial charge >= 0.3 is 5.97 Å². The second-order valence-electron chi connectivity index (χ2n) is 3.42. The van der Waals surface area contributed by atoms with Crippen LogP contribution < -0.4 is 10.6 Å². The van der Waals surface area contributed by atoms with E-state index >= 15 is 0 Å². The third-order valence-electron chi connectivity index (χ3n) is 1.96. The van der Waals surface area contributed by atoms with Crippen molar-refractivity contribution in [2.45, 2.75) is 25.8 Å². The first kappa shape index (κ1) is 15.2. The van der Waals surface area contributed by atoms with Crippen LogP contribution in [0.25, 0.3) is 0 Å². The summed E-state index contributed by atoms with van der Waals surface area (Å²) in [5.41, 5.74) is 0. The standard InChI is InChI=1S/C10H20N2O3S/c1-3-5-11-7-9(13)12-8(10(14)15)4-6-16-2/h8,11H,3-7H2,1-2H3,(H,12,13)(H,14,15). The number of carbonyl (C=O) groups is 2. The number of thioether (sulfide) groups is 1. The summed E-state index contributed by atoms with van der Waals surface area (Å²) in [6, 6.07) is -0.775. The average Bonchev–Trinajstić information content (AvgIpc) is 2.24. The molecule has 0 aromatic rings. The van der Waals surface area contributed by atoms with Gasteiger partial charge in [0.15, 0.2) is 0 Å². The van der Waals surface area contributed by atoms with E-state index in [1.54, 1.807) is 11.8 Å². The molecule has 1 amide bonds. The highest BCUT2D eigenvalue weighted by Crippen LogP contribution is 2.00. The zero-order valence-corrected chi connectivity index (χ0v) is 10.6. The number of amides is 1. The molecule has 1 atom stereocenters. The fourth-order valence-electron chi connectivity index (χ4n) is 1.12. The number of carboxylic acid groups (broad SMARTS) is 1. The summed E-state index contributed by atoms with van der Waals surface area (Å²) < 4.78 is 0. The molecule has 0 fully saturated rings. The van der Waals surface area contributed by atoms with Crippen LogP contribution >= 0.6 is 11.8 Å². The highest BCUT2D eigenvalue weighted by atomic mass is 32.2. The van der Waals surface area contributed by atoms with Crippen LogP contribution in [0.4, 0.5) is 0 Å². The summed E-state index contributed by atoms with van der Waals surface area (Å²) in [5, 5.41) is 14.3. The largest absolute Gasteiger partial charge is 0.480 e. The predicted molar refractivity (Wildman–Crippen MR) is 65.7 cm³/mol. The minimum Gasteiger partial charge on any atom is -0.480 e. The van der Waals surface area contributed by atoms with Crippen LogP contribution in [-0.2, 0) is 9.59 Å². The Labute approximate surface area is 100 Å². The second kappa shape index (κ2) is 9.47. The van der Waals surface area contributed by atoms with Crippen molar-refractivity contribution in [3.05, 3.63) is 0 Å². The van der Waals surface area contributed by atoms with Crippen LogP contribution in [-0.4, -0.2) is 48.1 Å². The lowest BCUT2D eigenvalue weighted by atomic mass is 10.2. The van der Waals surface area contributed by atoms with E-state index in [4.69, 9.17) is 5.11 Å². The summed E-state index contributed by atoms with van der Waals surface area (Å²) in [5.74, 6) is -0.514. The molecule has 0 saturated heterocycles. The zero-order valence-electron chi connectivity index (χ0n) is 9.78. The Morgan fingerprint density at radius 3 is 2.62 bits per heavy atom. The van der Waals surface area contributed by atoms with Crippen molar-refractivity contribution in [3.63, 3.8) is 0 Å². The highest BCUT2D eigenvalue weighted by Gasteiger charge is 2.18. The van der Waals surface area contributed by atoms with Crippen LogP contribution in [0.1, 0.15) is 19.8 Å². The van der Waals surface area contributed by atoms with Crippen molar-refractivity contribution >= 4 is 23.6 Å². The fraction of sp³-hybridized carbons (Fsp3) is 0.800. The molecule has 0 aromatic heterocycles. The molecule has 0 bridgehead atoms. The molecular formula is C10H20N2O3S. The van der Waals surface area contributed by atoms with Gasteiger partial charge in [0.25, 0.3) is 0 Å². The maximum absolute atomic E-state index is 11.4. The van der Waals surface area contributed by atoms with Crippen LogP contribution in [0, 0.1) is 0 Å². The molecule has 1 unspecified atom stereocenters. The normalized spacial score (nSPS) is 12.1. The Hall–Kier alpha value is -0.750.